The third kappa shape index (κ3) is 4.11. The summed E-state index contributed by atoms with van der Waals surface area (Å²) in [6, 6.07) is 0. The van der Waals surface area contributed by atoms with Crippen LogP contribution in [0.25, 0.3) is 0 Å². The minimum absolute atomic E-state index is 0.0537. The van der Waals surface area contributed by atoms with E-state index in [9.17, 15) is 4.79 Å². The van der Waals surface area contributed by atoms with Crippen molar-refractivity contribution in [3.8, 4) is 0 Å². The van der Waals surface area contributed by atoms with Crippen LogP contribution in [-0.2, 0) is 6.42 Å². The summed E-state index contributed by atoms with van der Waals surface area (Å²) < 4.78 is 0. The first-order valence-corrected chi connectivity index (χ1v) is 9.17. The van der Waals surface area contributed by atoms with E-state index < -0.39 is 0 Å². The molecule has 2 aliphatic rings. The summed E-state index contributed by atoms with van der Waals surface area (Å²) in [5.74, 6) is 0.627. The summed E-state index contributed by atoms with van der Waals surface area (Å²) in [6.07, 6.45) is 6.65. The Morgan fingerprint density at radius 3 is 2.62 bits per heavy atom. The van der Waals surface area contributed by atoms with Crippen molar-refractivity contribution in [2.75, 3.05) is 52.9 Å². The second-order valence-electron chi connectivity index (χ2n) is 7.05. The zero-order chi connectivity index (χ0) is 16.9. The molecule has 2 fully saturated rings. The number of aromatic nitrogens is 2. The first kappa shape index (κ1) is 17.3. The zero-order valence-corrected chi connectivity index (χ0v) is 14.9. The van der Waals surface area contributed by atoms with Gasteiger partial charge in [-0.25, -0.2) is 4.98 Å². The third-order valence-corrected chi connectivity index (χ3v) is 5.29. The van der Waals surface area contributed by atoms with Crippen molar-refractivity contribution in [3.05, 3.63) is 23.8 Å². The highest BCUT2D eigenvalue weighted by Crippen LogP contribution is 2.21. The number of carbonyl (C=O) groups excluding carboxylic acids is 1. The monoisotopic (exact) mass is 331 g/mol. The topological polar surface area (TPSA) is 52.6 Å². The Morgan fingerprint density at radius 2 is 1.92 bits per heavy atom. The minimum Gasteiger partial charge on any atom is -0.335 e. The molecule has 2 aliphatic heterocycles. The van der Waals surface area contributed by atoms with Crippen molar-refractivity contribution in [2.45, 2.75) is 26.2 Å². The number of piperidine rings is 1. The molecule has 3 heterocycles. The molecule has 0 saturated carbocycles. The SMILES string of the molecule is CCN1CCN(C(=O)c2nccnc2C[C@H]2CCCN(C)C2)CC1. The first-order valence-electron chi connectivity index (χ1n) is 9.17. The van der Waals surface area contributed by atoms with Gasteiger partial charge in [-0.05, 0) is 45.3 Å². The van der Waals surface area contributed by atoms with Gasteiger partial charge in [0.2, 0.25) is 0 Å². The van der Waals surface area contributed by atoms with Gasteiger partial charge in [0.15, 0.2) is 0 Å². The summed E-state index contributed by atoms with van der Waals surface area (Å²) in [7, 11) is 2.17. The molecule has 2 saturated heterocycles. The Balaban J connectivity index is 1.68. The third-order valence-electron chi connectivity index (χ3n) is 5.29. The van der Waals surface area contributed by atoms with Gasteiger partial charge in [-0.2, -0.15) is 0 Å². The minimum atomic E-state index is 0.0537. The fourth-order valence-corrected chi connectivity index (χ4v) is 3.83. The lowest BCUT2D eigenvalue weighted by Gasteiger charge is -2.34. The molecule has 132 valence electrons. The number of rotatable bonds is 4. The molecule has 0 unspecified atom stereocenters. The van der Waals surface area contributed by atoms with Crippen molar-refractivity contribution < 1.29 is 4.79 Å². The van der Waals surface area contributed by atoms with Crippen LogP contribution in [0.5, 0.6) is 0 Å². The molecule has 3 rings (SSSR count). The largest absolute Gasteiger partial charge is 0.335 e. The Morgan fingerprint density at radius 1 is 1.17 bits per heavy atom. The van der Waals surface area contributed by atoms with Gasteiger partial charge >= 0.3 is 0 Å². The van der Waals surface area contributed by atoms with Gasteiger partial charge in [-0.1, -0.05) is 6.92 Å². The summed E-state index contributed by atoms with van der Waals surface area (Å²) in [5, 5.41) is 0. The fraction of sp³-hybridized carbons (Fsp3) is 0.722. The van der Waals surface area contributed by atoms with E-state index in [4.69, 9.17) is 0 Å². The lowest BCUT2D eigenvalue weighted by molar-refractivity contribution is 0.0635. The molecule has 1 amide bonds. The fourth-order valence-electron chi connectivity index (χ4n) is 3.83. The second-order valence-corrected chi connectivity index (χ2v) is 7.05. The number of hydrogen-bond donors (Lipinski definition) is 0. The average molecular weight is 331 g/mol. The van der Waals surface area contributed by atoms with Crippen molar-refractivity contribution in [3.63, 3.8) is 0 Å². The van der Waals surface area contributed by atoms with E-state index in [0.29, 0.717) is 11.6 Å². The van der Waals surface area contributed by atoms with Crippen LogP contribution in [0.4, 0.5) is 0 Å². The summed E-state index contributed by atoms with van der Waals surface area (Å²) >= 11 is 0. The number of amides is 1. The smallest absolute Gasteiger partial charge is 0.274 e. The lowest BCUT2D eigenvalue weighted by atomic mass is 9.93. The van der Waals surface area contributed by atoms with Crippen molar-refractivity contribution >= 4 is 5.91 Å². The predicted molar refractivity (Wildman–Crippen MR) is 94.0 cm³/mol. The van der Waals surface area contributed by atoms with E-state index in [-0.39, 0.29) is 5.91 Å². The van der Waals surface area contributed by atoms with Crippen LogP contribution in [0, 0.1) is 5.92 Å². The summed E-state index contributed by atoms with van der Waals surface area (Å²) in [5.41, 5.74) is 1.44. The molecule has 24 heavy (non-hydrogen) atoms. The number of likely N-dealkylation sites (N-methyl/N-ethyl adjacent to an activating group) is 1. The maximum Gasteiger partial charge on any atom is 0.274 e. The van der Waals surface area contributed by atoms with Gasteiger partial charge in [-0.15, -0.1) is 0 Å². The molecule has 0 spiro atoms. The molecule has 0 aliphatic carbocycles. The molecule has 1 atom stereocenters. The van der Waals surface area contributed by atoms with Gasteiger partial charge in [0.25, 0.3) is 5.91 Å². The van der Waals surface area contributed by atoms with Gasteiger partial charge in [0.1, 0.15) is 5.69 Å². The van der Waals surface area contributed by atoms with Crippen molar-refractivity contribution in [1.82, 2.24) is 24.7 Å². The molecule has 1 aromatic rings. The predicted octanol–water partition coefficient (Wildman–Crippen LogP) is 1.14. The molecular formula is C18H29N5O. The zero-order valence-electron chi connectivity index (χ0n) is 14.9. The highest BCUT2D eigenvalue weighted by Gasteiger charge is 2.26. The van der Waals surface area contributed by atoms with Crippen molar-refractivity contribution in [1.29, 1.82) is 0 Å². The van der Waals surface area contributed by atoms with E-state index in [1.54, 1.807) is 12.4 Å². The summed E-state index contributed by atoms with van der Waals surface area (Å²) in [6.45, 7) is 8.94. The quantitative estimate of drug-likeness (QED) is 0.828. The highest BCUT2D eigenvalue weighted by atomic mass is 16.2. The Kier molecular flexibility index (Phi) is 5.79. The number of hydrogen-bond acceptors (Lipinski definition) is 5. The van der Waals surface area contributed by atoms with Gasteiger partial charge < -0.3 is 14.7 Å². The van der Waals surface area contributed by atoms with E-state index in [1.165, 1.54) is 19.4 Å². The van der Waals surface area contributed by atoms with Crippen LogP contribution in [0.15, 0.2) is 12.4 Å². The Labute approximate surface area is 144 Å². The molecular weight excluding hydrogens is 302 g/mol. The van der Waals surface area contributed by atoms with Crippen LogP contribution in [0.2, 0.25) is 0 Å². The lowest BCUT2D eigenvalue weighted by Crippen LogP contribution is -2.48. The standard InChI is InChI=1S/C18H29N5O/c1-3-22-9-11-23(12-10-22)18(24)17-16(19-6-7-20-17)13-15-5-4-8-21(2)14-15/h6-7,15H,3-5,8-14H2,1-2H3/t15-/m1/s1. The molecule has 0 aromatic carbocycles. The van der Waals surface area contributed by atoms with Crippen LogP contribution < -0.4 is 0 Å². The molecule has 6 nitrogen and oxygen atoms in total. The van der Waals surface area contributed by atoms with E-state index in [2.05, 4.69) is 33.7 Å². The second kappa shape index (κ2) is 8.03. The number of carbonyl (C=O) groups is 1. The van der Waals surface area contributed by atoms with Gasteiger partial charge in [-0.3, -0.25) is 9.78 Å². The highest BCUT2D eigenvalue weighted by molar-refractivity contribution is 5.93. The summed E-state index contributed by atoms with van der Waals surface area (Å²) in [4.78, 5) is 28.5. The molecule has 0 bridgehead atoms. The van der Waals surface area contributed by atoms with Gasteiger partial charge in [0, 0.05) is 45.1 Å². The van der Waals surface area contributed by atoms with Gasteiger partial charge in [0.05, 0.1) is 5.69 Å². The number of nitrogens with zero attached hydrogens (tertiary/aromatic N) is 5. The Bertz CT molecular complexity index is 556. The molecule has 0 N–H and O–H groups in total. The van der Waals surface area contributed by atoms with E-state index in [1.807, 2.05) is 4.90 Å². The molecule has 1 aromatic heterocycles. The van der Waals surface area contributed by atoms with E-state index in [0.717, 1.165) is 51.4 Å². The van der Waals surface area contributed by atoms with Crippen LogP contribution >= 0.6 is 0 Å². The van der Waals surface area contributed by atoms with Crippen molar-refractivity contribution in [2.24, 2.45) is 5.92 Å². The number of piperazine rings is 1. The normalized spacial score (nSPS) is 23.4. The van der Waals surface area contributed by atoms with Crippen LogP contribution in [0.1, 0.15) is 35.9 Å². The van der Waals surface area contributed by atoms with E-state index >= 15 is 0 Å². The van der Waals surface area contributed by atoms with Crippen LogP contribution in [0.3, 0.4) is 0 Å². The molecule has 6 heteroatoms. The average Bonchev–Trinajstić information content (AvgIpc) is 2.62. The molecule has 0 radical (unpaired) electrons. The maximum atomic E-state index is 12.9. The first-order chi connectivity index (χ1) is 11.7. The maximum absolute atomic E-state index is 12.9. The Hall–Kier alpha value is -1.53. The number of likely N-dealkylation sites (tertiary alicyclic amines) is 1. The van der Waals surface area contributed by atoms with Crippen LogP contribution in [-0.4, -0.2) is 83.4 Å².